The molecule has 1 N–H and O–H groups in total. The number of aromatic nitrogens is 2. The topological polar surface area (TPSA) is 65.4 Å². The van der Waals surface area contributed by atoms with Crippen molar-refractivity contribution >= 4 is 34.9 Å². The second-order valence-electron chi connectivity index (χ2n) is 5.85. The molecule has 0 saturated carbocycles. The van der Waals surface area contributed by atoms with Crippen LogP contribution in [0.15, 0.2) is 48.7 Å². The zero-order valence-corrected chi connectivity index (χ0v) is 16.5. The number of methoxy groups -OCH3 is 1. The van der Waals surface area contributed by atoms with Gasteiger partial charge in [0.2, 0.25) is 0 Å². The summed E-state index contributed by atoms with van der Waals surface area (Å²) >= 11 is 11.9. The SMILES string of the molecule is COc1cc(C(=O)Nc2ccn(Cc3ccc(Cl)c(Cl)c3)n2)ccc1OC(F)F. The summed E-state index contributed by atoms with van der Waals surface area (Å²) < 4.78 is 35.8. The summed E-state index contributed by atoms with van der Waals surface area (Å²) in [6, 6.07) is 10.8. The molecule has 1 aromatic heterocycles. The van der Waals surface area contributed by atoms with Crippen LogP contribution >= 0.6 is 23.2 Å². The third-order valence-electron chi connectivity index (χ3n) is 3.85. The first-order chi connectivity index (χ1) is 13.9. The maximum atomic E-state index is 12.4. The minimum atomic E-state index is -3.00. The molecular weight excluding hydrogens is 427 g/mol. The van der Waals surface area contributed by atoms with Gasteiger partial charge in [0.25, 0.3) is 5.91 Å². The van der Waals surface area contributed by atoms with E-state index < -0.39 is 12.5 Å². The molecule has 0 saturated heterocycles. The lowest BCUT2D eigenvalue weighted by molar-refractivity contribution is -0.0512. The fourth-order valence-electron chi connectivity index (χ4n) is 2.53. The first kappa shape index (κ1) is 20.9. The van der Waals surface area contributed by atoms with Gasteiger partial charge in [-0.25, -0.2) is 0 Å². The summed E-state index contributed by atoms with van der Waals surface area (Å²) in [4.78, 5) is 12.4. The predicted octanol–water partition coefficient (Wildman–Crippen LogP) is 5.10. The Balaban J connectivity index is 1.69. The van der Waals surface area contributed by atoms with Gasteiger partial charge in [0.1, 0.15) is 0 Å². The first-order valence-corrected chi connectivity index (χ1v) is 9.03. The van der Waals surface area contributed by atoms with Crippen molar-refractivity contribution < 1.29 is 23.0 Å². The Morgan fingerprint density at radius 2 is 1.93 bits per heavy atom. The van der Waals surface area contributed by atoms with Gasteiger partial charge in [-0.3, -0.25) is 9.48 Å². The van der Waals surface area contributed by atoms with Crippen molar-refractivity contribution in [1.29, 1.82) is 0 Å². The number of carbonyl (C=O) groups excluding carboxylic acids is 1. The molecule has 0 aliphatic heterocycles. The van der Waals surface area contributed by atoms with E-state index in [0.29, 0.717) is 22.4 Å². The van der Waals surface area contributed by atoms with Crippen LogP contribution in [0, 0.1) is 0 Å². The smallest absolute Gasteiger partial charge is 0.387 e. The zero-order valence-electron chi connectivity index (χ0n) is 15.0. The molecule has 0 fully saturated rings. The number of halogens is 4. The number of hydrogen-bond acceptors (Lipinski definition) is 4. The van der Waals surface area contributed by atoms with E-state index >= 15 is 0 Å². The Morgan fingerprint density at radius 1 is 1.14 bits per heavy atom. The van der Waals surface area contributed by atoms with Crippen molar-refractivity contribution in [2.75, 3.05) is 12.4 Å². The van der Waals surface area contributed by atoms with Crippen molar-refractivity contribution in [2.24, 2.45) is 0 Å². The highest BCUT2D eigenvalue weighted by Gasteiger charge is 2.15. The highest BCUT2D eigenvalue weighted by Crippen LogP contribution is 2.29. The van der Waals surface area contributed by atoms with Crippen LogP contribution in [0.4, 0.5) is 14.6 Å². The molecule has 0 spiro atoms. The largest absolute Gasteiger partial charge is 0.493 e. The van der Waals surface area contributed by atoms with E-state index in [1.165, 1.54) is 25.3 Å². The number of ether oxygens (including phenoxy) is 2. The van der Waals surface area contributed by atoms with Gasteiger partial charge in [0.15, 0.2) is 17.3 Å². The molecular formula is C19H15Cl2F2N3O3. The Kier molecular flexibility index (Phi) is 6.56. The van der Waals surface area contributed by atoms with Crippen LogP contribution in [0.3, 0.4) is 0 Å². The lowest BCUT2D eigenvalue weighted by Crippen LogP contribution is -2.13. The molecule has 0 unspecified atom stereocenters. The Morgan fingerprint density at radius 3 is 2.62 bits per heavy atom. The number of carbonyl (C=O) groups is 1. The van der Waals surface area contributed by atoms with Gasteiger partial charge in [-0.05, 0) is 35.9 Å². The van der Waals surface area contributed by atoms with Gasteiger partial charge in [-0.2, -0.15) is 13.9 Å². The van der Waals surface area contributed by atoms with Gasteiger partial charge in [-0.1, -0.05) is 29.3 Å². The number of hydrogen-bond donors (Lipinski definition) is 1. The van der Waals surface area contributed by atoms with E-state index in [0.717, 1.165) is 5.56 Å². The number of anilines is 1. The van der Waals surface area contributed by atoms with Crippen molar-refractivity contribution in [1.82, 2.24) is 9.78 Å². The summed E-state index contributed by atoms with van der Waals surface area (Å²) in [5, 5.41) is 7.81. The molecule has 29 heavy (non-hydrogen) atoms. The van der Waals surface area contributed by atoms with Crippen LogP contribution in [0.25, 0.3) is 0 Å². The van der Waals surface area contributed by atoms with Crippen LogP contribution in [-0.2, 0) is 6.54 Å². The summed E-state index contributed by atoms with van der Waals surface area (Å²) in [7, 11) is 1.29. The van der Waals surface area contributed by atoms with Crippen molar-refractivity contribution in [3.8, 4) is 11.5 Å². The third kappa shape index (κ3) is 5.36. The minimum absolute atomic E-state index is 0.0168. The second kappa shape index (κ2) is 9.11. The van der Waals surface area contributed by atoms with Crippen LogP contribution in [0.1, 0.15) is 15.9 Å². The highest BCUT2D eigenvalue weighted by atomic mass is 35.5. The molecule has 2 aromatic carbocycles. The number of amides is 1. The molecule has 0 radical (unpaired) electrons. The van der Waals surface area contributed by atoms with Crippen LogP contribution in [0.5, 0.6) is 11.5 Å². The minimum Gasteiger partial charge on any atom is -0.493 e. The molecule has 0 atom stereocenters. The van der Waals surface area contributed by atoms with E-state index in [2.05, 4.69) is 15.2 Å². The fraction of sp³-hybridized carbons (Fsp3) is 0.158. The fourth-order valence-corrected chi connectivity index (χ4v) is 2.85. The summed E-state index contributed by atoms with van der Waals surface area (Å²) in [5.41, 5.74) is 1.09. The van der Waals surface area contributed by atoms with Crippen LogP contribution in [-0.4, -0.2) is 29.4 Å². The Labute approximate surface area is 174 Å². The molecule has 1 amide bonds. The van der Waals surface area contributed by atoms with Gasteiger partial charge >= 0.3 is 6.61 Å². The van der Waals surface area contributed by atoms with Crippen LogP contribution in [0.2, 0.25) is 10.0 Å². The predicted molar refractivity (Wildman–Crippen MR) is 105 cm³/mol. The maximum absolute atomic E-state index is 12.4. The molecule has 10 heteroatoms. The first-order valence-electron chi connectivity index (χ1n) is 8.27. The van der Waals surface area contributed by atoms with Gasteiger partial charge < -0.3 is 14.8 Å². The Bertz CT molecular complexity index is 1030. The summed E-state index contributed by atoms with van der Waals surface area (Å²) in [6.45, 7) is -2.57. The number of nitrogens with one attached hydrogen (secondary N) is 1. The highest BCUT2D eigenvalue weighted by molar-refractivity contribution is 6.42. The van der Waals surface area contributed by atoms with E-state index in [-0.39, 0.29) is 17.1 Å². The van der Waals surface area contributed by atoms with Crippen molar-refractivity contribution in [2.45, 2.75) is 13.2 Å². The molecule has 0 aliphatic carbocycles. The number of rotatable bonds is 7. The average Bonchev–Trinajstić information content (AvgIpc) is 3.11. The normalized spacial score (nSPS) is 10.8. The van der Waals surface area contributed by atoms with E-state index in [9.17, 15) is 13.6 Å². The molecule has 3 aromatic rings. The lowest BCUT2D eigenvalue weighted by atomic mass is 10.2. The Hall–Kier alpha value is -2.84. The molecule has 0 bridgehead atoms. The van der Waals surface area contributed by atoms with Gasteiger partial charge in [0, 0.05) is 17.8 Å². The zero-order chi connectivity index (χ0) is 21.0. The lowest BCUT2D eigenvalue weighted by Gasteiger charge is -2.11. The van der Waals surface area contributed by atoms with Crippen LogP contribution < -0.4 is 14.8 Å². The number of nitrogens with zero attached hydrogens (tertiary/aromatic N) is 2. The number of alkyl halides is 2. The van der Waals surface area contributed by atoms with Gasteiger partial charge in [-0.15, -0.1) is 0 Å². The van der Waals surface area contributed by atoms with Crippen molar-refractivity contribution in [3.05, 3.63) is 69.8 Å². The van der Waals surface area contributed by atoms with Gasteiger partial charge in [0.05, 0.1) is 23.7 Å². The van der Waals surface area contributed by atoms with E-state index in [4.69, 9.17) is 27.9 Å². The van der Waals surface area contributed by atoms with Crippen molar-refractivity contribution in [3.63, 3.8) is 0 Å². The van der Waals surface area contributed by atoms with E-state index in [1.54, 1.807) is 29.1 Å². The molecule has 6 nitrogen and oxygen atoms in total. The number of benzene rings is 2. The summed E-state index contributed by atoms with van der Waals surface area (Å²) in [5.74, 6) is -0.304. The van der Waals surface area contributed by atoms with E-state index in [1.807, 2.05) is 6.07 Å². The molecule has 1 heterocycles. The second-order valence-corrected chi connectivity index (χ2v) is 6.66. The quantitative estimate of drug-likeness (QED) is 0.553. The monoisotopic (exact) mass is 441 g/mol. The molecule has 0 aliphatic rings. The third-order valence-corrected chi connectivity index (χ3v) is 4.59. The maximum Gasteiger partial charge on any atom is 0.387 e. The molecule has 3 rings (SSSR count). The average molecular weight is 442 g/mol. The standard InChI is InChI=1S/C19H15Cl2F2N3O3/c1-28-16-9-12(3-5-15(16)29-19(22)23)18(27)24-17-6-7-26(25-17)10-11-2-4-13(20)14(21)8-11/h2-9,19H,10H2,1H3,(H,24,25,27). The molecule has 152 valence electrons. The summed E-state index contributed by atoms with van der Waals surface area (Å²) in [6.07, 6.45) is 1.69.